The molecule has 0 bridgehead atoms. The molecule has 18 heavy (non-hydrogen) atoms. The molecule has 5 nitrogen and oxygen atoms in total. The van der Waals surface area contributed by atoms with Crippen LogP contribution in [-0.2, 0) is 42.3 Å². The van der Waals surface area contributed by atoms with E-state index in [-0.39, 0.29) is 45.8 Å². The normalized spacial score (nSPS) is 11.0. The summed E-state index contributed by atoms with van der Waals surface area (Å²) >= 11 is 0. The molecule has 1 aromatic rings. The van der Waals surface area contributed by atoms with Crippen LogP contribution >= 0.6 is 0 Å². The van der Waals surface area contributed by atoms with Gasteiger partial charge in [-0.2, -0.15) is 0 Å². The monoisotopic (exact) mass is 323 g/mol. The standard InChI is InChI=1S/C11H11N2O3.CH3.Y/c1-8(12-15)9-5-3-4-6-10(9)11(7-14)13-16-2;;/h3-6,15H,1-2H3;1H3;/q2*-1;/b12-8+,13-11-;;. The van der Waals surface area contributed by atoms with E-state index in [1.165, 1.54) is 7.11 Å². The minimum Gasteiger partial charge on any atom is -0.417 e. The fourth-order valence-electron chi connectivity index (χ4n) is 1.27. The second-order valence-electron chi connectivity index (χ2n) is 2.96. The van der Waals surface area contributed by atoms with Crippen LogP contribution in [0.5, 0.6) is 0 Å². The number of rotatable bonds is 4. The van der Waals surface area contributed by atoms with Crippen molar-refractivity contribution in [3.8, 4) is 0 Å². The largest absolute Gasteiger partial charge is 0.417 e. The number of benzene rings is 1. The molecule has 0 unspecified atom stereocenters. The van der Waals surface area contributed by atoms with Crippen molar-refractivity contribution in [2.75, 3.05) is 7.11 Å². The molecule has 0 heterocycles. The molecule has 0 aliphatic carbocycles. The first-order chi connectivity index (χ1) is 7.74. The molecule has 95 valence electrons. The van der Waals surface area contributed by atoms with Crippen LogP contribution < -0.4 is 0 Å². The minimum absolute atomic E-state index is 0. The maximum atomic E-state index is 10.7. The molecule has 1 radical (unpaired) electrons. The maximum Gasteiger partial charge on any atom is 0.106 e. The Morgan fingerprint density at radius 1 is 1.33 bits per heavy atom. The van der Waals surface area contributed by atoms with Crippen molar-refractivity contribution in [2.45, 2.75) is 6.92 Å². The second kappa shape index (κ2) is 9.91. The number of hydrogen-bond donors (Lipinski definition) is 1. The van der Waals surface area contributed by atoms with E-state index in [0.29, 0.717) is 16.8 Å². The molecule has 0 amide bonds. The van der Waals surface area contributed by atoms with Crippen LogP contribution in [0, 0.1) is 7.43 Å². The molecule has 0 aliphatic rings. The summed E-state index contributed by atoms with van der Waals surface area (Å²) in [4.78, 5) is 15.3. The first-order valence-electron chi connectivity index (χ1n) is 4.52. The molecule has 1 N–H and O–H groups in total. The van der Waals surface area contributed by atoms with Gasteiger partial charge in [0, 0.05) is 39.0 Å². The fourth-order valence-corrected chi connectivity index (χ4v) is 1.27. The summed E-state index contributed by atoms with van der Waals surface area (Å²) in [5.41, 5.74) is 1.52. The predicted molar refractivity (Wildman–Crippen MR) is 66.1 cm³/mol. The van der Waals surface area contributed by atoms with Gasteiger partial charge in [0.1, 0.15) is 7.11 Å². The number of hydrogen-bond acceptors (Lipinski definition) is 5. The number of oxime groups is 2. The van der Waals surface area contributed by atoms with Crippen LogP contribution in [0.1, 0.15) is 18.1 Å². The van der Waals surface area contributed by atoms with Gasteiger partial charge in [-0.1, -0.05) is 28.9 Å². The Labute approximate surface area is 132 Å². The van der Waals surface area contributed by atoms with Gasteiger partial charge in [-0.25, -0.2) is 0 Å². The zero-order valence-electron chi connectivity index (χ0n) is 10.5. The Balaban J connectivity index is 0. The van der Waals surface area contributed by atoms with Crippen molar-refractivity contribution in [3.05, 3.63) is 42.8 Å². The van der Waals surface area contributed by atoms with E-state index in [1.54, 1.807) is 37.5 Å². The van der Waals surface area contributed by atoms with E-state index >= 15 is 0 Å². The third kappa shape index (κ3) is 4.66. The molecule has 0 aromatic heterocycles. The van der Waals surface area contributed by atoms with Crippen molar-refractivity contribution in [1.29, 1.82) is 0 Å². The van der Waals surface area contributed by atoms with E-state index in [9.17, 15) is 4.79 Å². The van der Waals surface area contributed by atoms with Gasteiger partial charge in [0.05, 0.1) is 5.71 Å². The molecule has 0 aliphatic heterocycles. The van der Waals surface area contributed by atoms with Gasteiger partial charge in [-0.15, -0.1) is 16.8 Å². The van der Waals surface area contributed by atoms with Gasteiger partial charge in [-0.05, 0) is 12.6 Å². The Kier molecular flexibility index (Phi) is 10.6. The first kappa shape index (κ1) is 19.3. The van der Waals surface area contributed by atoms with Crippen molar-refractivity contribution >= 4 is 17.7 Å². The minimum atomic E-state index is 0. The Morgan fingerprint density at radius 3 is 2.33 bits per heavy atom. The zero-order valence-corrected chi connectivity index (χ0v) is 13.4. The average Bonchev–Trinajstić information content (AvgIpc) is 2.35. The Morgan fingerprint density at radius 2 is 1.89 bits per heavy atom. The summed E-state index contributed by atoms with van der Waals surface area (Å²) < 4.78 is 0. The van der Waals surface area contributed by atoms with E-state index in [1.807, 2.05) is 0 Å². The van der Waals surface area contributed by atoms with Gasteiger partial charge in [-0.3, -0.25) is 0 Å². The number of carbonyl (C=O) groups excluding carboxylic acids is 1. The predicted octanol–water partition coefficient (Wildman–Crippen LogP) is 1.79. The van der Waals surface area contributed by atoms with Crippen LogP contribution in [0.2, 0.25) is 0 Å². The fraction of sp³-hybridized carbons (Fsp3) is 0.167. The maximum absolute atomic E-state index is 10.7. The van der Waals surface area contributed by atoms with E-state index in [2.05, 4.69) is 15.1 Å². The summed E-state index contributed by atoms with van der Waals surface area (Å²) in [6.45, 7) is 1.62. The van der Waals surface area contributed by atoms with E-state index in [0.717, 1.165) is 0 Å². The average molecular weight is 323 g/mol. The molecule has 0 saturated heterocycles. The third-order valence-corrected chi connectivity index (χ3v) is 2.00. The van der Waals surface area contributed by atoms with Crippen molar-refractivity contribution in [3.63, 3.8) is 0 Å². The summed E-state index contributed by atoms with van der Waals surface area (Å²) in [7, 11) is 1.34. The van der Waals surface area contributed by atoms with Gasteiger partial charge in [0.15, 0.2) is 0 Å². The van der Waals surface area contributed by atoms with Gasteiger partial charge in [0.2, 0.25) is 0 Å². The van der Waals surface area contributed by atoms with Gasteiger partial charge < -0.3 is 22.3 Å². The molecule has 1 rings (SSSR count). The first-order valence-corrected chi connectivity index (χ1v) is 4.52. The Hall–Kier alpha value is -1.07. The molecular formula is C12H14N2O3Y-2. The molecule has 0 spiro atoms. The number of nitrogens with zero attached hydrogens (tertiary/aromatic N) is 2. The van der Waals surface area contributed by atoms with Gasteiger partial charge >= 0.3 is 0 Å². The van der Waals surface area contributed by atoms with Crippen LogP contribution in [0.3, 0.4) is 0 Å². The molecule has 0 saturated carbocycles. The smallest absolute Gasteiger partial charge is 0.106 e. The van der Waals surface area contributed by atoms with Crippen molar-refractivity contribution < 1.29 is 47.5 Å². The van der Waals surface area contributed by atoms with Crippen molar-refractivity contribution in [1.82, 2.24) is 0 Å². The topological polar surface area (TPSA) is 71.2 Å². The summed E-state index contributed by atoms with van der Waals surface area (Å²) in [6, 6.07) is 6.90. The molecule has 0 atom stereocenters. The quantitative estimate of drug-likeness (QED) is 0.397. The summed E-state index contributed by atoms with van der Waals surface area (Å²) in [5.74, 6) is 0. The van der Waals surface area contributed by atoms with Gasteiger partial charge in [0.25, 0.3) is 0 Å². The van der Waals surface area contributed by atoms with Crippen LogP contribution in [0.25, 0.3) is 0 Å². The van der Waals surface area contributed by atoms with Crippen LogP contribution in [-0.4, -0.2) is 30.0 Å². The second-order valence-corrected chi connectivity index (χ2v) is 2.96. The summed E-state index contributed by atoms with van der Waals surface area (Å²) in [6.07, 6.45) is 1.68. The van der Waals surface area contributed by atoms with E-state index in [4.69, 9.17) is 5.21 Å². The van der Waals surface area contributed by atoms with E-state index < -0.39 is 0 Å². The Bertz CT molecular complexity index is 445. The summed E-state index contributed by atoms with van der Waals surface area (Å²) in [5, 5.41) is 15.3. The van der Waals surface area contributed by atoms with Crippen LogP contribution in [0.15, 0.2) is 34.6 Å². The zero-order chi connectivity index (χ0) is 12.0. The van der Waals surface area contributed by atoms with Crippen molar-refractivity contribution in [2.24, 2.45) is 10.3 Å². The molecule has 6 heteroatoms. The molecule has 1 aromatic carbocycles. The third-order valence-electron chi connectivity index (χ3n) is 2.00. The van der Waals surface area contributed by atoms with Crippen LogP contribution in [0.4, 0.5) is 0 Å². The molecular weight excluding hydrogens is 309 g/mol. The molecule has 0 fully saturated rings. The SMILES string of the molecule is CO/N=C(/[C-]=O)c1ccccc1/C(C)=N/O.[CH3-].[Y].